The van der Waals surface area contributed by atoms with Crippen LogP contribution in [0.3, 0.4) is 0 Å². The molecule has 0 atom stereocenters. The molecule has 0 saturated heterocycles. The molecule has 2 aromatic carbocycles. The molecule has 0 saturated carbocycles. The van der Waals surface area contributed by atoms with Crippen molar-refractivity contribution >= 4 is 18.9 Å². The Bertz CT molecular complexity index is 680. The van der Waals surface area contributed by atoms with Crippen molar-refractivity contribution in [3.8, 4) is 0 Å². The van der Waals surface area contributed by atoms with Crippen LogP contribution in [0.25, 0.3) is 0 Å². The predicted octanol–water partition coefficient (Wildman–Crippen LogP) is 6.03. The Kier molecular flexibility index (Phi) is 12.2. The third-order valence-corrected chi connectivity index (χ3v) is 8.86. The molecule has 0 amide bonds. The van der Waals surface area contributed by atoms with Crippen molar-refractivity contribution in [2.75, 3.05) is 0 Å². The minimum absolute atomic E-state index is 0.777. The second-order valence-corrected chi connectivity index (χ2v) is 11.4. The first kappa shape index (κ1) is 25.8. The molecule has 0 aliphatic rings. The molecule has 172 valence electrons. The van der Waals surface area contributed by atoms with Gasteiger partial charge in [0, 0.05) is 10.4 Å². The quantitative estimate of drug-likeness (QED) is 0.247. The van der Waals surface area contributed by atoms with Gasteiger partial charge in [0.1, 0.15) is 0 Å². The van der Waals surface area contributed by atoms with Crippen LogP contribution in [0.5, 0.6) is 0 Å². The first-order valence-corrected chi connectivity index (χ1v) is 14.6. The molecule has 0 aliphatic heterocycles. The lowest BCUT2D eigenvalue weighted by atomic mass is 10.0. The molecule has 0 spiro atoms. The SMILES string of the molecule is CCCCCCCCc1ccccc1[Si](O)(O)c1ccccc1CCCCCCCC. The van der Waals surface area contributed by atoms with E-state index in [2.05, 4.69) is 26.0 Å². The van der Waals surface area contributed by atoms with Gasteiger partial charge in [-0.3, -0.25) is 0 Å². The Morgan fingerprint density at radius 1 is 0.516 bits per heavy atom. The summed E-state index contributed by atoms with van der Waals surface area (Å²) in [5.41, 5.74) is 2.23. The molecular formula is C28H44O2Si. The smallest absolute Gasteiger partial charge is 0.402 e. The van der Waals surface area contributed by atoms with Crippen LogP contribution in [0.15, 0.2) is 48.5 Å². The Labute approximate surface area is 192 Å². The van der Waals surface area contributed by atoms with Crippen LogP contribution in [0.2, 0.25) is 0 Å². The molecule has 0 unspecified atom stereocenters. The minimum atomic E-state index is -3.71. The van der Waals surface area contributed by atoms with Gasteiger partial charge in [-0.2, -0.15) is 0 Å². The average Bonchev–Trinajstić information content (AvgIpc) is 2.79. The van der Waals surface area contributed by atoms with E-state index >= 15 is 0 Å². The van der Waals surface area contributed by atoms with Gasteiger partial charge in [0.15, 0.2) is 0 Å². The zero-order chi connectivity index (χ0) is 22.4. The molecule has 0 aliphatic carbocycles. The molecule has 2 rings (SSSR count). The third-order valence-electron chi connectivity index (χ3n) is 6.39. The van der Waals surface area contributed by atoms with Crippen molar-refractivity contribution < 1.29 is 9.59 Å². The Morgan fingerprint density at radius 2 is 0.871 bits per heavy atom. The largest absolute Gasteiger partial charge is 0.404 e. The van der Waals surface area contributed by atoms with Crippen LogP contribution in [0.4, 0.5) is 0 Å². The third kappa shape index (κ3) is 8.55. The Balaban J connectivity index is 2.06. The highest BCUT2D eigenvalue weighted by Gasteiger charge is 2.38. The standard InChI is InChI=1S/C28H44O2Si/c1-3-5-7-9-11-13-19-25-21-15-17-23-27(25)31(29,30)28-24-18-16-22-26(28)20-14-12-10-8-6-4-2/h15-18,21-24,29-30H,3-14,19-20H2,1-2H3. The summed E-state index contributed by atoms with van der Waals surface area (Å²) in [6.45, 7) is 4.49. The van der Waals surface area contributed by atoms with Gasteiger partial charge in [0.05, 0.1) is 0 Å². The maximum absolute atomic E-state index is 11.5. The van der Waals surface area contributed by atoms with Crippen molar-refractivity contribution in [3.05, 3.63) is 59.7 Å². The molecular weight excluding hydrogens is 396 g/mol. The van der Waals surface area contributed by atoms with Crippen molar-refractivity contribution in [1.82, 2.24) is 0 Å². The molecule has 0 heterocycles. The van der Waals surface area contributed by atoms with Crippen molar-refractivity contribution in [2.45, 2.75) is 104 Å². The highest BCUT2D eigenvalue weighted by atomic mass is 28.4. The van der Waals surface area contributed by atoms with Gasteiger partial charge in [-0.05, 0) is 36.8 Å². The van der Waals surface area contributed by atoms with Crippen molar-refractivity contribution in [3.63, 3.8) is 0 Å². The van der Waals surface area contributed by atoms with Crippen LogP contribution in [-0.2, 0) is 12.8 Å². The van der Waals surface area contributed by atoms with E-state index in [0.717, 1.165) is 47.2 Å². The van der Waals surface area contributed by atoms with Crippen LogP contribution >= 0.6 is 0 Å². The van der Waals surface area contributed by atoms with Crippen LogP contribution < -0.4 is 10.4 Å². The second kappa shape index (κ2) is 14.6. The summed E-state index contributed by atoms with van der Waals surface area (Å²) >= 11 is 0. The first-order valence-electron chi connectivity index (χ1n) is 12.7. The summed E-state index contributed by atoms with van der Waals surface area (Å²) in [4.78, 5) is 22.9. The van der Waals surface area contributed by atoms with Crippen LogP contribution in [0.1, 0.15) is 102 Å². The molecule has 3 heteroatoms. The summed E-state index contributed by atoms with van der Waals surface area (Å²) in [5.74, 6) is 0. The second-order valence-electron chi connectivity index (χ2n) is 9.02. The molecule has 2 aromatic rings. The number of unbranched alkanes of at least 4 members (excludes halogenated alkanes) is 10. The highest BCUT2D eigenvalue weighted by Crippen LogP contribution is 2.14. The lowest BCUT2D eigenvalue weighted by Crippen LogP contribution is -2.61. The van der Waals surface area contributed by atoms with Gasteiger partial charge in [0.25, 0.3) is 0 Å². The molecule has 0 aromatic heterocycles. The summed E-state index contributed by atoms with van der Waals surface area (Å²) in [6.07, 6.45) is 16.9. The van der Waals surface area contributed by atoms with E-state index in [1.807, 2.05) is 36.4 Å². The van der Waals surface area contributed by atoms with Crippen LogP contribution in [-0.4, -0.2) is 18.2 Å². The van der Waals surface area contributed by atoms with E-state index in [1.54, 1.807) is 0 Å². The highest BCUT2D eigenvalue weighted by molar-refractivity contribution is 6.91. The molecule has 31 heavy (non-hydrogen) atoms. The van der Waals surface area contributed by atoms with Crippen molar-refractivity contribution in [2.24, 2.45) is 0 Å². The zero-order valence-electron chi connectivity index (χ0n) is 19.9. The van der Waals surface area contributed by atoms with Gasteiger partial charge < -0.3 is 9.59 Å². The summed E-state index contributed by atoms with van der Waals surface area (Å²) < 4.78 is 0. The lowest BCUT2D eigenvalue weighted by molar-refractivity contribution is 0.400. The number of aryl methyl sites for hydroxylation is 2. The fraction of sp³-hybridized carbons (Fsp3) is 0.571. The maximum Gasteiger partial charge on any atom is 0.402 e. The van der Waals surface area contributed by atoms with Gasteiger partial charge in [-0.15, -0.1) is 0 Å². The average molecular weight is 441 g/mol. The van der Waals surface area contributed by atoms with E-state index in [9.17, 15) is 9.59 Å². The molecule has 0 radical (unpaired) electrons. The summed E-state index contributed by atoms with van der Waals surface area (Å²) in [6, 6.07) is 16.0. The predicted molar refractivity (Wildman–Crippen MR) is 137 cm³/mol. The maximum atomic E-state index is 11.5. The molecule has 2 N–H and O–H groups in total. The number of rotatable bonds is 16. The molecule has 0 fully saturated rings. The van der Waals surface area contributed by atoms with Gasteiger partial charge >= 0.3 is 8.56 Å². The van der Waals surface area contributed by atoms with Gasteiger partial charge in [-0.1, -0.05) is 127 Å². The van der Waals surface area contributed by atoms with E-state index in [-0.39, 0.29) is 0 Å². The number of hydrogen-bond donors (Lipinski definition) is 2. The van der Waals surface area contributed by atoms with Gasteiger partial charge in [-0.25, -0.2) is 0 Å². The van der Waals surface area contributed by atoms with Crippen molar-refractivity contribution in [1.29, 1.82) is 0 Å². The summed E-state index contributed by atoms with van der Waals surface area (Å²) in [5, 5.41) is 1.55. The van der Waals surface area contributed by atoms with E-state index in [0.29, 0.717) is 0 Å². The minimum Gasteiger partial charge on any atom is -0.404 e. The lowest BCUT2D eigenvalue weighted by Gasteiger charge is -2.24. The molecule has 0 bridgehead atoms. The van der Waals surface area contributed by atoms with E-state index in [1.165, 1.54) is 64.2 Å². The van der Waals surface area contributed by atoms with E-state index < -0.39 is 8.56 Å². The Hall–Kier alpha value is -1.42. The fourth-order valence-electron chi connectivity index (χ4n) is 4.49. The number of hydrogen-bond acceptors (Lipinski definition) is 2. The van der Waals surface area contributed by atoms with Gasteiger partial charge in [0.2, 0.25) is 0 Å². The normalized spacial score (nSPS) is 11.7. The fourth-order valence-corrected chi connectivity index (χ4v) is 6.75. The van der Waals surface area contributed by atoms with E-state index in [4.69, 9.17) is 0 Å². The first-order chi connectivity index (χ1) is 15.1. The monoisotopic (exact) mass is 440 g/mol. The summed E-state index contributed by atoms with van der Waals surface area (Å²) in [7, 11) is -3.71. The topological polar surface area (TPSA) is 40.5 Å². The zero-order valence-corrected chi connectivity index (χ0v) is 20.9. The number of benzene rings is 2. The van der Waals surface area contributed by atoms with Crippen LogP contribution in [0, 0.1) is 0 Å². The molecule has 2 nitrogen and oxygen atoms in total. The Morgan fingerprint density at radius 3 is 1.29 bits per heavy atom.